The topological polar surface area (TPSA) is 45.7 Å². The summed E-state index contributed by atoms with van der Waals surface area (Å²) < 4.78 is 5.47. The third-order valence-electron chi connectivity index (χ3n) is 4.76. The van der Waals surface area contributed by atoms with Gasteiger partial charge in [-0.15, -0.1) is 0 Å². The Labute approximate surface area is 132 Å². The molecule has 1 aromatic heterocycles. The summed E-state index contributed by atoms with van der Waals surface area (Å²) >= 11 is 0. The van der Waals surface area contributed by atoms with Gasteiger partial charge >= 0.3 is 0 Å². The summed E-state index contributed by atoms with van der Waals surface area (Å²) in [6.45, 7) is 7.54. The number of amides is 1. The third kappa shape index (κ3) is 2.95. The maximum Gasteiger partial charge on any atom is 0.259 e. The SMILES string of the molecule is CCOc1ncccc1C(=O)N1CC(N2CCCC[C@H]2C)C1. The number of likely N-dealkylation sites (tertiary alicyclic amines) is 2. The highest BCUT2D eigenvalue weighted by atomic mass is 16.5. The van der Waals surface area contributed by atoms with Gasteiger partial charge < -0.3 is 9.64 Å². The summed E-state index contributed by atoms with van der Waals surface area (Å²) in [5, 5.41) is 0. The van der Waals surface area contributed by atoms with Gasteiger partial charge in [-0.3, -0.25) is 9.69 Å². The Hall–Kier alpha value is -1.62. The van der Waals surface area contributed by atoms with Gasteiger partial charge in [0, 0.05) is 31.4 Å². The van der Waals surface area contributed by atoms with Gasteiger partial charge in [0.25, 0.3) is 5.91 Å². The van der Waals surface area contributed by atoms with E-state index >= 15 is 0 Å². The Morgan fingerprint density at radius 1 is 1.41 bits per heavy atom. The lowest BCUT2D eigenvalue weighted by atomic mass is 9.97. The molecule has 0 radical (unpaired) electrons. The van der Waals surface area contributed by atoms with Crippen LogP contribution in [0.1, 0.15) is 43.5 Å². The highest BCUT2D eigenvalue weighted by Crippen LogP contribution is 2.26. The van der Waals surface area contributed by atoms with Crippen molar-refractivity contribution >= 4 is 5.91 Å². The summed E-state index contributed by atoms with van der Waals surface area (Å²) in [5.41, 5.74) is 0.578. The molecule has 3 rings (SSSR count). The molecule has 2 saturated heterocycles. The van der Waals surface area contributed by atoms with Crippen molar-refractivity contribution in [2.24, 2.45) is 0 Å². The monoisotopic (exact) mass is 303 g/mol. The molecular formula is C17H25N3O2. The van der Waals surface area contributed by atoms with E-state index in [1.807, 2.05) is 11.8 Å². The van der Waals surface area contributed by atoms with E-state index in [1.165, 1.54) is 25.8 Å². The maximum absolute atomic E-state index is 12.6. The molecule has 0 unspecified atom stereocenters. The lowest BCUT2D eigenvalue weighted by Crippen LogP contribution is -2.63. The zero-order valence-corrected chi connectivity index (χ0v) is 13.5. The molecule has 0 N–H and O–H groups in total. The Bertz CT molecular complexity index is 528. The summed E-state index contributed by atoms with van der Waals surface area (Å²) in [5.74, 6) is 0.488. The number of aromatic nitrogens is 1. The Kier molecular flexibility index (Phi) is 4.62. The van der Waals surface area contributed by atoms with Crippen LogP contribution < -0.4 is 4.74 Å². The van der Waals surface area contributed by atoms with Crippen LogP contribution in [0, 0.1) is 0 Å². The zero-order valence-electron chi connectivity index (χ0n) is 13.5. The normalized spacial score (nSPS) is 23.2. The summed E-state index contributed by atoms with van der Waals surface area (Å²) in [4.78, 5) is 21.3. The Morgan fingerprint density at radius 2 is 2.23 bits per heavy atom. The first-order chi connectivity index (χ1) is 10.7. The van der Waals surface area contributed by atoms with E-state index in [2.05, 4.69) is 16.8 Å². The molecule has 0 saturated carbocycles. The first-order valence-electron chi connectivity index (χ1n) is 8.33. The highest BCUT2D eigenvalue weighted by Gasteiger charge is 2.38. The molecule has 3 heterocycles. The number of carbonyl (C=O) groups is 1. The van der Waals surface area contributed by atoms with Gasteiger partial charge in [-0.25, -0.2) is 4.98 Å². The second kappa shape index (κ2) is 6.65. The van der Waals surface area contributed by atoms with Gasteiger partial charge in [-0.2, -0.15) is 0 Å². The maximum atomic E-state index is 12.6. The summed E-state index contributed by atoms with van der Waals surface area (Å²) in [6, 6.07) is 4.76. The van der Waals surface area contributed by atoms with E-state index in [0.29, 0.717) is 30.1 Å². The van der Waals surface area contributed by atoms with E-state index in [0.717, 1.165) is 13.1 Å². The number of piperidine rings is 1. The Balaban J connectivity index is 1.61. The average Bonchev–Trinajstić information content (AvgIpc) is 2.48. The van der Waals surface area contributed by atoms with Gasteiger partial charge in [0.05, 0.1) is 6.61 Å². The van der Waals surface area contributed by atoms with E-state index in [1.54, 1.807) is 18.3 Å². The fourth-order valence-electron chi connectivity index (χ4n) is 3.47. The van der Waals surface area contributed by atoms with Crippen molar-refractivity contribution in [3.05, 3.63) is 23.9 Å². The van der Waals surface area contributed by atoms with Gasteiger partial charge in [0.2, 0.25) is 5.88 Å². The smallest absolute Gasteiger partial charge is 0.259 e. The van der Waals surface area contributed by atoms with Gasteiger partial charge in [-0.05, 0) is 45.4 Å². The largest absolute Gasteiger partial charge is 0.477 e. The second-order valence-electron chi connectivity index (χ2n) is 6.24. The van der Waals surface area contributed by atoms with Crippen LogP contribution in [0.15, 0.2) is 18.3 Å². The molecule has 0 bridgehead atoms. The minimum absolute atomic E-state index is 0.0393. The van der Waals surface area contributed by atoms with Crippen molar-refractivity contribution in [1.82, 2.24) is 14.8 Å². The van der Waals surface area contributed by atoms with Crippen molar-refractivity contribution in [2.45, 2.75) is 45.2 Å². The summed E-state index contributed by atoms with van der Waals surface area (Å²) in [6.07, 6.45) is 5.56. The van der Waals surface area contributed by atoms with E-state index in [9.17, 15) is 4.79 Å². The zero-order chi connectivity index (χ0) is 15.5. The lowest BCUT2D eigenvalue weighted by molar-refractivity contribution is 0.00190. The fourth-order valence-corrected chi connectivity index (χ4v) is 3.47. The van der Waals surface area contributed by atoms with E-state index in [-0.39, 0.29) is 5.91 Å². The quantitative estimate of drug-likeness (QED) is 0.855. The number of nitrogens with zero attached hydrogens (tertiary/aromatic N) is 3. The Morgan fingerprint density at radius 3 is 2.95 bits per heavy atom. The molecule has 2 fully saturated rings. The van der Waals surface area contributed by atoms with Crippen LogP contribution in [0.3, 0.4) is 0 Å². The number of ether oxygens (including phenoxy) is 1. The number of pyridine rings is 1. The van der Waals surface area contributed by atoms with Crippen LogP contribution in [-0.4, -0.2) is 59.0 Å². The number of rotatable bonds is 4. The van der Waals surface area contributed by atoms with Crippen LogP contribution in [-0.2, 0) is 0 Å². The van der Waals surface area contributed by atoms with Crippen molar-refractivity contribution in [1.29, 1.82) is 0 Å². The van der Waals surface area contributed by atoms with E-state index in [4.69, 9.17) is 4.74 Å². The van der Waals surface area contributed by atoms with Gasteiger partial charge in [0.1, 0.15) is 5.56 Å². The van der Waals surface area contributed by atoms with Crippen LogP contribution >= 0.6 is 0 Å². The minimum Gasteiger partial charge on any atom is -0.477 e. The molecule has 1 atom stereocenters. The standard InChI is InChI=1S/C17H25N3O2/c1-3-22-16-15(8-6-9-18-16)17(21)19-11-14(12-19)20-10-5-4-7-13(20)2/h6,8-9,13-14H,3-5,7,10-12H2,1-2H3/t13-/m1/s1. The van der Waals surface area contributed by atoms with E-state index < -0.39 is 0 Å². The predicted octanol–water partition coefficient (Wildman–Crippen LogP) is 2.18. The van der Waals surface area contributed by atoms with Crippen molar-refractivity contribution in [3.8, 4) is 5.88 Å². The molecule has 5 nitrogen and oxygen atoms in total. The number of hydrogen-bond donors (Lipinski definition) is 0. The molecule has 22 heavy (non-hydrogen) atoms. The van der Waals surface area contributed by atoms with Crippen molar-refractivity contribution in [3.63, 3.8) is 0 Å². The van der Waals surface area contributed by atoms with Crippen LogP contribution in [0.4, 0.5) is 0 Å². The van der Waals surface area contributed by atoms with Gasteiger partial charge in [0.15, 0.2) is 0 Å². The molecule has 5 heteroatoms. The first kappa shape index (κ1) is 15.3. The molecule has 2 aliphatic heterocycles. The molecule has 0 aromatic carbocycles. The third-order valence-corrected chi connectivity index (χ3v) is 4.76. The highest BCUT2D eigenvalue weighted by molar-refractivity contribution is 5.96. The fraction of sp³-hybridized carbons (Fsp3) is 0.647. The van der Waals surface area contributed by atoms with Crippen molar-refractivity contribution < 1.29 is 9.53 Å². The van der Waals surface area contributed by atoms with Crippen LogP contribution in [0.25, 0.3) is 0 Å². The minimum atomic E-state index is 0.0393. The molecule has 1 amide bonds. The molecule has 2 aliphatic rings. The first-order valence-corrected chi connectivity index (χ1v) is 8.33. The molecule has 1 aromatic rings. The molecule has 120 valence electrons. The lowest BCUT2D eigenvalue weighted by Gasteiger charge is -2.49. The second-order valence-corrected chi connectivity index (χ2v) is 6.24. The van der Waals surface area contributed by atoms with Crippen LogP contribution in [0.2, 0.25) is 0 Å². The van der Waals surface area contributed by atoms with Crippen molar-refractivity contribution in [2.75, 3.05) is 26.2 Å². The number of carbonyl (C=O) groups excluding carboxylic acids is 1. The predicted molar refractivity (Wildman–Crippen MR) is 85.1 cm³/mol. The number of hydrogen-bond acceptors (Lipinski definition) is 4. The van der Waals surface area contributed by atoms with Crippen LogP contribution in [0.5, 0.6) is 5.88 Å². The molecule has 0 aliphatic carbocycles. The van der Waals surface area contributed by atoms with Gasteiger partial charge in [-0.1, -0.05) is 6.42 Å². The molecular weight excluding hydrogens is 278 g/mol. The summed E-state index contributed by atoms with van der Waals surface area (Å²) in [7, 11) is 0. The average molecular weight is 303 g/mol. The molecule has 0 spiro atoms.